The Morgan fingerprint density at radius 2 is 1.67 bits per heavy atom. The number of nitrogen functional groups attached to an aromatic ring is 1. The van der Waals surface area contributed by atoms with E-state index in [2.05, 4.69) is 0 Å². The number of nitrogens with two attached hydrogens (primary N) is 1. The van der Waals surface area contributed by atoms with E-state index in [0.717, 1.165) is 0 Å². The molecule has 0 bridgehead atoms. The largest absolute Gasteiger partial charge is 0.398 e. The Bertz CT molecular complexity index is 716. The molecule has 2 aromatic carbocycles. The average molecular weight is 258 g/mol. The predicted octanol–water partition coefficient (Wildman–Crippen LogP) is 1.97. The van der Waals surface area contributed by atoms with Crippen molar-refractivity contribution in [3.63, 3.8) is 0 Å². The van der Waals surface area contributed by atoms with Crippen molar-refractivity contribution in [1.29, 1.82) is 5.26 Å². The molecule has 0 aliphatic rings. The quantitative estimate of drug-likeness (QED) is 0.835. The van der Waals surface area contributed by atoms with Crippen LogP contribution in [0.1, 0.15) is 5.56 Å². The van der Waals surface area contributed by atoms with Crippen molar-refractivity contribution < 1.29 is 8.42 Å². The summed E-state index contributed by atoms with van der Waals surface area (Å²) in [5.74, 6) is 0. The molecule has 0 aliphatic heterocycles. The third-order valence-electron chi connectivity index (χ3n) is 2.51. The summed E-state index contributed by atoms with van der Waals surface area (Å²) >= 11 is 0. The highest BCUT2D eigenvalue weighted by Crippen LogP contribution is 2.23. The summed E-state index contributed by atoms with van der Waals surface area (Å²) in [6, 6.07) is 14.0. The van der Waals surface area contributed by atoms with Crippen LogP contribution < -0.4 is 5.73 Å². The van der Waals surface area contributed by atoms with Crippen LogP contribution in [0.4, 0.5) is 5.69 Å². The van der Waals surface area contributed by atoms with Gasteiger partial charge in [-0.1, -0.05) is 18.2 Å². The number of benzene rings is 2. The van der Waals surface area contributed by atoms with Crippen molar-refractivity contribution in [3.05, 3.63) is 54.1 Å². The highest BCUT2D eigenvalue weighted by atomic mass is 32.2. The number of nitrogens with zero attached hydrogens (tertiary/aromatic N) is 1. The van der Waals surface area contributed by atoms with Gasteiger partial charge in [0.15, 0.2) is 0 Å². The Morgan fingerprint density at radius 3 is 2.28 bits per heavy atom. The molecule has 0 radical (unpaired) electrons. The molecule has 0 aromatic heterocycles. The first-order valence-electron chi connectivity index (χ1n) is 5.15. The molecule has 2 aromatic rings. The first kappa shape index (κ1) is 12.1. The Kier molecular flexibility index (Phi) is 3.04. The zero-order valence-corrected chi connectivity index (χ0v) is 10.2. The summed E-state index contributed by atoms with van der Waals surface area (Å²) in [6.45, 7) is 0. The summed E-state index contributed by atoms with van der Waals surface area (Å²) in [5.41, 5.74) is 5.99. The van der Waals surface area contributed by atoms with E-state index in [1.54, 1.807) is 18.2 Å². The molecule has 2 rings (SSSR count). The van der Waals surface area contributed by atoms with Gasteiger partial charge in [-0.05, 0) is 30.3 Å². The SMILES string of the molecule is N#Cc1cc(S(=O)(=O)c2ccccc2)ccc1N. The van der Waals surface area contributed by atoms with Gasteiger partial charge >= 0.3 is 0 Å². The number of sulfone groups is 1. The molecule has 0 atom stereocenters. The first-order valence-corrected chi connectivity index (χ1v) is 6.64. The molecule has 18 heavy (non-hydrogen) atoms. The van der Waals surface area contributed by atoms with Crippen LogP contribution in [0.5, 0.6) is 0 Å². The van der Waals surface area contributed by atoms with Crippen LogP contribution in [0.15, 0.2) is 58.3 Å². The van der Waals surface area contributed by atoms with Gasteiger partial charge in [-0.3, -0.25) is 0 Å². The van der Waals surface area contributed by atoms with Gasteiger partial charge in [0.25, 0.3) is 0 Å². The summed E-state index contributed by atoms with van der Waals surface area (Å²) in [6.07, 6.45) is 0. The molecule has 0 saturated carbocycles. The Labute approximate surface area is 105 Å². The molecular weight excluding hydrogens is 248 g/mol. The van der Waals surface area contributed by atoms with E-state index in [1.165, 1.54) is 30.3 Å². The van der Waals surface area contributed by atoms with Gasteiger partial charge in [-0.25, -0.2) is 8.42 Å². The number of nitriles is 1. The minimum Gasteiger partial charge on any atom is -0.398 e. The molecule has 2 N–H and O–H groups in total. The van der Waals surface area contributed by atoms with Crippen molar-refractivity contribution in [2.24, 2.45) is 0 Å². The zero-order valence-electron chi connectivity index (χ0n) is 9.37. The number of rotatable bonds is 2. The monoisotopic (exact) mass is 258 g/mol. The lowest BCUT2D eigenvalue weighted by Crippen LogP contribution is -2.03. The molecule has 0 saturated heterocycles. The van der Waals surface area contributed by atoms with Crippen molar-refractivity contribution in [3.8, 4) is 6.07 Å². The molecule has 0 spiro atoms. The van der Waals surface area contributed by atoms with Crippen LogP contribution in [0, 0.1) is 11.3 Å². The summed E-state index contributed by atoms with van der Waals surface area (Å²) in [7, 11) is -3.59. The fraction of sp³-hybridized carbons (Fsp3) is 0. The van der Waals surface area contributed by atoms with Gasteiger partial charge in [0, 0.05) is 5.69 Å². The molecule has 0 heterocycles. The van der Waals surface area contributed by atoms with Crippen LogP contribution in [0.3, 0.4) is 0 Å². The Hall–Kier alpha value is -2.32. The number of hydrogen-bond acceptors (Lipinski definition) is 4. The maximum atomic E-state index is 12.3. The average Bonchev–Trinajstić information content (AvgIpc) is 2.40. The van der Waals surface area contributed by atoms with Gasteiger partial charge in [0.1, 0.15) is 6.07 Å². The third kappa shape index (κ3) is 2.06. The lowest BCUT2D eigenvalue weighted by Gasteiger charge is -2.05. The smallest absolute Gasteiger partial charge is 0.206 e. The van der Waals surface area contributed by atoms with Crippen LogP contribution in [0.2, 0.25) is 0 Å². The minimum absolute atomic E-state index is 0.0689. The maximum Gasteiger partial charge on any atom is 0.206 e. The standard InChI is InChI=1S/C13H10N2O2S/c14-9-10-8-12(6-7-13(10)15)18(16,17)11-4-2-1-3-5-11/h1-8H,15H2. The highest BCUT2D eigenvalue weighted by Gasteiger charge is 2.18. The van der Waals surface area contributed by atoms with Gasteiger partial charge < -0.3 is 5.73 Å². The Balaban J connectivity index is 2.60. The van der Waals surface area contributed by atoms with Crippen LogP contribution >= 0.6 is 0 Å². The molecule has 0 amide bonds. The van der Waals surface area contributed by atoms with E-state index in [1.807, 2.05) is 6.07 Å². The second-order valence-corrected chi connectivity index (χ2v) is 5.63. The van der Waals surface area contributed by atoms with Crippen molar-refractivity contribution in [1.82, 2.24) is 0 Å². The second kappa shape index (κ2) is 4.51. The lowest BCUT2D eigenvalue weighted by molar-refractivity contribution is 0.596. The van der Waals surface area contributed by atoms with E-state index in [0.29, 0.717) is 0 Å². The van der Waals surface area contributed by atoms with E-state index in [-0.39, 0.29) is 21.0 Å². The van der Waals surface area contributed by atoms with Crippen molar-refractivity contribution in [2.75, 3.05) is 5.73 Å². The minimum atomic E-state index is -3.59. The molecule has 5 heteroatoms. The normalized spacial score (nSPS) is 10.8. The van der Waals surface area contributed by atoms with Crippen molar-refractivity contribution >= 4 is 15.5 Å². The molecule has 0 aliphatic carbocycles. The van der Waals surface area contributed by atoms with E-state index >= 15 is 0 Å². The van der Waals surface area contributed by atoms with E-state index < -0.39 is 9.84 Å². The zero-order chi connectivity index (χ0) is 13.2. The van der Waals surface area contributed by atoms with Crippen LogP contribution in [-0.2, 0) is 9.84 Å². The Morgan fingerprint density at radius 1 is 1.00 bits per heavy atom. The summed E-state index contributed by atoms with van der Waals surface area (Å²) < 4.78 is 24.5. The van der Waals surface area contributed by atoms with Gasteiger partial charge in [0.2, 0.25) is 9.84 Å². The summed E-state index contributed by atoms with van der Waals surface area (Å²) in [4.78, 5) is 0.262. The van der Waals surface area contributed by atoms with Gasteiger partial charge in [-0.2, -0.15) is 5.26 Å². The topological polar surface area (TPSA) is 84.0 Å². The highest BCUT2D eigenvalue weighted by molar-refractivity contribution is 7.91. The fourth-order valence-corrected chi connectivity index (χ4v) is 2.84. The third-order valence-corrected chi connectivity index (χ3v) is 4.28. The van der Waals surface area contributed by atoms with E-state index in [9.17, 15) is 8.42 Å². The molecule has 4 nitrogen and oxygen atoms in total. The maximum absolute atomic E-state index is 12.3. The molecule has 90 valence electrons. The lowest BCUT2D eigenvalue weighted by atomic mass is 10.2. The molecule has 0 fully saturated rings. The molecular formula is C13H10N2O2S. The van der Waals surface area contributed by atoms with Crippen LogP contribution in [0.25, 0.3) is 0 Å². The second-order valence-electron chi connectivity index (χ2n) is 3.68. The molecule has 0 unspecified atom stereocenters. The first-order chi connectivity index (χ1) is 8.55. The van der Waals surface area contributed by atoms with Crippen molar-refractivity contribution in [2.45, 2.75) is 9.79 Å². The predicted molar refractivity (Wildman–Crippen MR) is 67.5 cm³/mol. The summed E-state index contributed by atoms with van der Waals surface area (Å²) in [5, 5.41) is 8.85. The van der Waals surface area contributed by atoms with Gasteiger partial charge in [0.05, 0.1) is 15.4 Å². The van der Waals surface area contributed by atoms with Crippen LogP contribution in [-0.4, -0.2) is 8.42 Å². The number of anilines is 1. The van der Waals surface area contributed by atoms with Gasteiger partial charge in [-0.15, -0.1) is 0 Å². The fourth-order valence-electron chi connectivity index (χ4n) is 1.54. The number of hydrogen-bond donors (Lipinski definition) is 1. The van der Waals surface area contributed by atoms with E-state index in [4.69, 9.17) is 11.0 Å².